The zero-order valence-corrected chi connectivity index (χ0v) is 13.0. The third-order valence-electron chi connectivity index (χ3n) is 3.03. The van der Waals surface area contributed by atoms with Crippen LogP contribution in [0.5, 0.6) is 11.5 Å². The predicted molar refractivity (Wildman–Crippen MR) is 84.8 cm³/mol. The van der Waals surface area contributed by atoms with E-state index in [-0.39, 0.29) is 24.9 Å². The van der Waals surface area contributed by atoms with Crippen LogP contribution in [0.4, 0.5) is 5.69 Å². The van der Waals surface area contributed by atoms with Gasteiger partial charge in [0.15, 0.2) is 0 Å². The number of carbonyl (C=O) groups is 1. The normalized spacial score (nSPS) is 9.67. The number of benzene rings is 2. The molecule has 0 aliphatic carbocycles. The number of hydrogen-bond donors (Lipinski definition) is 1. The van der Waals surface area contributed by atoms with Crippen molar-refractivity contribution in [3.63, 3.8) is 0 Å². The Bertz CT molecular complexity index is 630. The van der Waals surface area contributed by atoms with Gasteiger partial charge >= 0.3 is 5.97 Å². The van der Waals surface area contributed by atoms with Crippen molar-refractivity contribution >= 4 is 34.8 Å². The average Bonchev–Trinajstić information content (AvgIpc) is 2.50. The molecule has 114 valence electrons. The molecular formula is C15H18ClNO4. The second-order valence-corrected chi connectivity index (χ2v) is 4.16. The van der Waals surface area contributed by atoms with E-state index < -0.39 is 0 Å². The number of rotatable bonds is 5. The molecule has 2 aromatic rings. The summed E-state index contributed by atoms with van der Waals surface area (Å²) in [6.45, 7) is 0.0769. The number of ether oxygens (including phenoxy) is 3. The first-order chi connectivity index (χ1) is 9.69. The number of fused-ring (bicyclic) bond motifs is 1. The molecule has 0 heterocycles. The van der Waals surface area contributed by atoms with Gasteiger partial charge in [-0.3, -0.25) is 4.79 Å². The lowest BCUT2D eigenvalue weighted by atomic mass is 10.1. The summed E-state index contributed by atoms with van der Waals surface area (Å²) in [7, 11) is 4.57. The minimum absolute atomic E-state index is 0. The van der Waals surface area contributed by atoms with Gasteiger partial charge in [-0.1, -0.05) is 12.1 Å². The largest absolute Gasteiger partial charge is 0.496 e. The van der Waals surface area contributed by atoms with Gasteiger partial charge in [0.2, 0.25) is 0 Å². The summed E-state index contributed by atoms with van der Waals surface area (Å²) in [5, 5.41) is 4.96. The first-order valence-corrected chi connectivity index (χ1v) is 6.15. The fourth-order valence-corrected chi connectivity index (χ4v) is 2.00. The number of methoxy groups -OCH3 is 3. The first-order valence-electron chi connectivity index (χ1n) is 6.15. The molecule has 0 aliphatic heterocycles. The van der Waals surface area contributed by atoms with E-state index in [0.717, 1.165) is 22.2 Å². The lowest BCUT2D eigenvalue weighted by Gasteiger charge is -2.13. The fourth-order valence-electron chi connectivity index (χ4n) is 2.00. The molecule has 0 fully saturated rings. The van der Waals surface area contributed by atoms with Gasteiger partial charge in [0.25, 0.3) is 0 Å². The molecule has 0 amide bonds. The molecule has 6 heteroatoms. The van der Waals surface area contributed by atoms with Crippen LogP contribution in [0.25, 0.3) is 10.8 Å². The van der Waals surface area contributed by atoms with Crippen LogP contribution in [0.1, 0.15) is 0 Å². The smallest absolute Gasteiger partial charge is 0.325 e. The van der Waals surface area contributed by atoms with Gasteiger partial charge < -0.3 is 19.5 Å². The maximum Gasteiger partial charge on any atom is 0.325 e. The highest BCUT2D eigenvalue weighted by Crippen LogP contribution is 2.34. The molecule has 2 rings (SSSR count). The van der Waals surface area contributed by atoms with Crippen molar-refractivity contribution in [2.45, 2.75) is 0 Å². The predicted octanol–water partition coefficient (Wildman–Crippen LogP) is 2.86. The Morgan fingerprint density at radius 1 is 1.10 bits per heavy atom. The van der Waals surface area contributed by atoms with Crippen LogP contribution in [0.15, 0.2) is 30.3 Å². The van der Waals surface area contributed by atoms with Crippen molar-refractivity contribution in [2.24, 2.45) is 0 Å². The number of carbonyl (C=O) groups excluding carboxylic acids is 1. The number of esters is 1. The second-order valence-electron chi connectivity index (χ2n) is 4.16. The van der Waals surface area contributed by atoms with Gasteiger partial charge in [0.05, 0.1) is 27.0 Å². The van der Waals surface area contributed by atoms with E-state index >= 15 is 0 Å². The zero-order chi connectivity index (χ0) is 14.5. The molecule has 0 bridgehead atoms. The Morgan fingerprint density at radius 2 is 1.81 bits per heavy atom. The van der Waals surface area contributed by atoms with E-state index in [4.69, 9.17) is 9.47 Å². The van der Waals surface area contributed by atoms with E-state index in [2.05, 4.69) is 10.1 Å². The van der Waals surface area contributed by atoms with Crippen molar-refractivity contribution in [2.75, 3.05) is 33.2 Å². The van der Waals surface area contributed by atoms with Crippen LogP contribution >= 0.6 is 12.4 Å². The van der Waals surface area contributed by atoms with E-state index in [0.29, 0.717) is 5.75 Å². The molecule has 0 spiro atoms. The van der Waals surface area contributed by atoms with E-state index in [1.165, 1.54) is 7.11 Å². The second kappa shape index (κ2) is 7.59. The summed E-state index contributed by atoms with van der Waals surface area (Å²) in [5.41, 5.74) is 0.718. The molecule has 21 heavy (non-hydrogen) atoms. The average molecular weight is 312 g/mol. The van der Waals surface area contributed by atoms with Crippen molar-refractivity contribution < 1.29 is 19.0 Å². The van der Waals surface area contributed by atoms with E-state index in [1.807, 2.05) is 30.3 Å². The molecule has 0 aliphatic rings. The third kappa shape index (κ3) is 3.70. The summed E-state index contributed by atoms with van der Waals surface area (Å²) < 4.78 is 15.3. The molecule has 0 unspecified atom stereocenters. The van der Waals surface area contributed by atoms with Crippen LogP contribution < -0.4 is 14.8 Å². The van der Waals surface area contributed by atoms with Gasteiger partial charge in [-0.2, -0.15) is 0 Å². The molecule has 5 nitrogen and oxygen atoms in total. The molecule has 2 aromatic carbocycles. The van der Waals surface area contributed by atoms with E-state index in [9.17, 15) is 4.79 Å². The van der Waals surface area contributed by atoms with Crippen LogP contribution in [-0.4, -0.2) is 33.8 Å². The van der Waals surface area contributed by atoms with Crippen molar-refractivity contribution in [3.05, 3.63) is 30.3 Å². The van der Waals surface area contributed by atoms with E-state index in [1.54, 1.807) is 14.2 Å². The maximum atomic E-state index is 11.2. The number of anilines is 1. The molecule has 0 aromatic heterocycles. The summed E-state index contributed by atoms with van der Waals surface area (Å²) >= 11 is 0. The van der Waals surface area contributed by atoms with Gasteiger partial charge in [0.1, 0.15) is 18.0 Å². The fraction of sp³-hybridized carbons (Fsp3) is 0.267. The molecular weight excluding hydrogens is 294 g/mol. The van der Waals surface area contributed by atoms with Crippen molar-refractivity contribution in [3.8, 4) is 11.5 Å². The van der Waals surface area contributed by atoms with Crippen LogP contribution in [-0.2, 0) is 9.53 Å². The van der Waals surface area contributed by atoms with Gasteiger partial charge in [0, 0.05) is 5.39 Å². The summed E-state index contributed by atoms with van der Waals surface area (Å²) in [5.74, 6) is 1.09. The maximum absolute atomic E-state index is 11.2. The quantitative estimate of drug-likeness (QED) is 0.861. The summed E-state index contributed by atoms with van der Waals surface area (Å²) in [6, 6.07) is 9.58. The Balaban J connectivity index is 0.00000220. The Hall–Kier alpha value is -2.14. The highest BCUT2D eigenvalue weighted by atomic mass is 35.5. The molecule has 0 radical (unpaired) electrons. The number of nitrogens with one attached hydrogen (secondary N) is 1. The van der Waals surface area contributed by atoms with Gasteiger partial charge in [-0.25, -0.2) is 0 Å². The third-order valence-corrected chi connectivity index (χ3v) is 3.03. The standard InChI is InChI=1S/C15H17NO4.ClH/c1-18-13-6-4-5-10-7-14(19-2)12(8-11(10)13)16-9-15(17)20-3;/h4-8,16H,9H2,1-3H3;1H. The lowest BCUT2D eigenvalue weighted by molar-refractivity contribution is -0.138. The monoisotopic (exact) mass is 311 g/mol. The molecule has 0 saturated carbocycles. The van der Waals surface area contributed by atoms with Crippen LogP contribution in [0.2, 0.25) is 0 Å². The van der Waals surface area contributed by atoms with Crippen molar-refractivity contribution in [1.29, 1.82) is 0 Å². The molecule has 0 saturated heterocycles. The zero-order valence-electron chi connectivity index (χ0n) is 12.1. The van der Waals surface area contributed by atoms with Crippen LogP contribution in [0.3, 0.4) is 0 Å². The number of hydrogen-bond acceptors (Lipinski definition) is 5. The lowest BCUT2D eigenvalue weighted by Crippen LogP contribution is -2.15. The van der Waals surface area contributed by atoms with Crippen LogP contribution in [0, 0.1) is 0 Å². The highest BCUT2D eigenvalue weighted by Gasteiger charge is 2.10. The molecule has 1 N–H and O–H groups in total. The minimum Gasteiger partial charge on any atom is -0.496 e. The Kier molecular flexibility index (Phi) is 6.11. The minimum atomic E-state index is -0.341. The summed E-state index contributed by atoms with van der Waals surface area (Å²) in [6.07, 6.45) is 0. The topological polar surface area (TPSA) is 56.8 Å². The van der Waals surface area contributed by atoms with Crippen molar-refractivity contribution in [1.82, 2.24) is 0 Å². The summed E-state index contributed by atoms with van der Waals surface area (Å²) in [4.78, 5) is 11.2. The Labute approximate surface area is 129 Å². The van der Waals surface area contributed by atoms with Gasteiger partial charge in [-0.15, -0.1) is 12.4 Å². The highest BCUT2D eigenvalue weighted by molar-refractivity contribution is 5.93. The molecule has 0 atom stereocenters. The SMILES string of the molecule is COC(=O)CNc1cc2c(OC)cccc2cc1OC.Cl. The number of halogens is 1. The Morgan fingerprint density at radius 3 is 2.43 bits per heavy atom. The van der Waals surface area contributed by atoms with Gasteiger partial charge in [-0.05, 0) is 23.6 Å². The first kappa shape index (κ1) is 16.9.